The molecule has 0 spiro atoms. The van der Waals surface area contributed by atoms with Crippen LogP contribution in [-0.2, 0) is 9.84 Å². The monoisotopic (exact) mass is 430 g/mol. The van der Waals surface area contributed by atoms with Crippen LogP contribution < -0.4 is 20.3 Å². The molecule has 1 heterocycles. The van der Waals surface area contributed by atoms with Crippen molar-refractivity contribution in [1.29, 1.82) is 0 Å². The predicted molar refractivity (Wildman–Crippen MR) is 121 cm³/mol. The number of para-hydroxylation sites is 2. The molecule has 1 aliphatic rings. The first kappa shape index (κ1) is 22.0. The Balaban J connectivity index is 1.59. The van der Waals surface area contributed by atoms with E-state index in [-0.39, 0.29) is 18.3 Å². The first-order valence-electron chi connectivity index (χ1n) is 10.2. The Hall–Kier alpha value is -2.74. The van der Waals surface area contributed by atoms with Gasteiger partial charge in [0, 0.05) is 25.7 Å². The molecule has 1 fully saturated rings. The minimum atomic E-state index is -3.34. The number of guanidine groups is 1. The maximum absolute atomic E-state index is 12.4. The van der Waals surface area contributed by atoms with Crippen molar-refractivity contribution in [2.75, 3.05) is 43.9 Å². The molecule has 2 N–H and O–H groups in total. The van der Waals surface area contributed by atoms with Crippen molar-refractivity contribution in [2.45, 2.75) is 24.3 Å². The molecule has 30 heavy (non-hydrogen) atoms. The van der Waals surface area contributed by atoms with Gasteiger partial charge < -0.3 is 20.3 Å². The normalized spacial score (nSPS) is 17.1. The molecule has 0 amide bonds. The number of nitrogens with zero attached hydrogens (tertiary/aromatic N) is 2. The van der Waals surface area contributed by atoms with Crippen LogP contribution >= 0.6 is 0 Å². The summed E-state index contributed by atoms with van der Waals surface area (Å²) in [5, 5.41) is 6.66. The van der Waals surface area contributed by atoms with Crippen molar-refractivity contribution < 1.29 is 13.2 Å². The maximum atomic E-state index is 12.4. The largest absolute Gasteiger partial charge is 0.495 e. The van der Waals surface area contributed by atoms with Crippen LogP contribution in [0.5, 0.6) is 5.75 Å². The van der Waals surface area contributed by atoms with E-state index in [1.807, 2.05) is 25.1 Å². The van der Waals surface area contributed by atoms with Crippen LogP contribution in [0.15, 0.2) is 64.5 Å². The van der Waals surface area contributed by atoms with Crippen molar-refractivity contribution in [3.8, 4) is 5.75 Å². The molecule has 1 aliphatic heterocycles. The standard InChI is InChI=1S/C22H30N4O3S/c1-3-23-22(24-14-16-30(27,28)19-9-5-4-6-10-19)25-18-13-15-26(17-18)20-11-7-8-12-21(20)29-2/h4-12,18H,3,13-17H2,1-2H3,(H2,23,24,25). The minimum absolute atomic E-state index is 0.0222. The summed E-state index contributed by atoms with van der Waals surface area (Å²) in [6.07, 6.45) is 0.963. The van der Waals surface area contributed by atoms with Gasteiger partial charge in [-0.3, -0.25) is 4.99 Å². The number of anilines is 1. The quantitative estimate of drug-likeness (QED) is 0.494. The third-order valence-electron chi connectivity index (χ3n) is 5.03. The van der Waals surface area contributed by atoms with Crippen LogP contribution in [-0.4, -0.2) is 59.5 Å². The third-order valence-corrected chi connectivity index (χ3v) is 6.74. The molecule has 0 bridgehead atoms. The zero-order valence-corrected chi connectivity index (χ0v) is 18.4. The molecule has 8 heteroatoms. The second-order valence-electron chi connectivity index (χ2n) is 7.14. The van der Waals surface area contributed by atoms with Crippen molar-refractivity contribution in [3.05, 3.63) is 54.6 Å². The molecule has 0 aromatic heterocycles. The average Bonchev–Trinajstić information content (AvgIpc) is 3.22. The van der Waals surface area contributed by atoms with Gasteiger partial charge in [-0.2, -0.15) is 0 Å². The van der Waals surface area contributed by atoms with Crippen LogP contribution in [0, 0.1) is 0 Å². The Kier molecular flexibility index (Phi) is 7.57. The van der Waals surface area contributed by atoms with Crippen LogP contribution in [0.1, 0.15) is 13.3 Å². The van der Waals surface area contributed by atoms with Gasteiger partial charge in [0.05, 0.1) is 30.0 Å². The molecule has 2 aromatic carbocycles. The maximum Gasteiger partial charge on any atom is 0.191 e. The molecule has 1 atom stereocenters. The fourth-order valence-electron chi connectivity index (χ4n) is 3.52. The summed E-state index contributed by atoms with van der Waals surface area (Å²) in [7, 11) is -1.65. The smallest absolute Gasteiger partial charge is 0.191 e. The first-order valence-corrected chi connectivity index (χ1v) is 11.9. The van der Waals surface area contributed by atoms with Gasteiger partial charge in [0.15, 0.2) is 15.8 Å². The summed E-state index contributed by atoms with van der Waals surface area (Å²) in [4.78, 5) is 7.12. The van der Waals surface area contributed by atoms with Crippen LogP contribution in [0.2, 0.25) is 0 Å². The SMILES string of the molecule is CCNC(=NCCS(=O)(=O)c1ccccc1)NC1CCN(c2ccccc2OC)C1. The van der Waals surface area contributed by atoms with E-state index in [1.54, 1.807) is 37.4 Å². The van der Waals surface area contributed by atoms with Crippen LogP contribution in [0.25, 0.3) is 0 Å². The molecule has 0 radical (unpaired) electrons. The number of aliphatic imine (C=N–C) groups is 1. The fourth-order valence-corrected chi connectivity index (χ4v) is 4.66. The number of rotatable bonds is 8. The summed E-state index contributed by atoms with van der Waals surface area (Å²) in [6.45, 7) is 4.65. The van der Waals surface area contributed by atoms with Crippen LogP contribution in [0.3, 0.4) is 0 Å². The Morgan fingerprint density at radius 3 is 2.63 bits per heavy atom. The highest BCUT2D eigenvalue weighted by Gasteiger charge is 2.25. The van der Waals surface area contributed by atoms with E-state index in [0.29, 0.717) is 17.4 Å². The number of sulfone groups is 1. The lowest BCUT2D eigenvalue weighted by molar-refractivity contribution is 0.415. The highest BCUT2D eigenvalue weighted by Crippen LogP contribution is 2.30. The van der Waals surface area contributed by atoms with E-state index < -0.39 is 9.84 Å². The van der Waals surface area contributed by atoms with E-state index in [4.69, 9.17) is 4.74 Å². The second kappa shape index (κ2) is 10.3. The lowest BCUT2D eigenvalue weighted by Crippen LogP contribution is -2.44. The molecule has 3 rings (SSSR count). The fraction of sp³-hybridized carbons (Fsp3) is 0.409. The number of hydrogen-bond acceptors (Lipinski definition) is 5. The van der Waals surface area contributed by atoms with Gasteiger partial charge in [-0.1, -0.05) is 30.3 Å². The minimum Gasteiger partial charge on any atom is -0.495 e. The summed E-state index contributed by atoms with van der Waals surface area (Å²) in [6, 6.07) is 16.7. The van der Waals surface area contributed by atoms with Crippen molar-refractivity contribution in [2.24, 2.45) is 4.99 Å². The Morgan fingerprint density at radius 2 is 1.90 bits per heavy atom. The van der Waals surface area contributed by atoms with E-state index in [0.717, 1.165) is 30.9 Å². The lowest BCUT2D eigenvalue weighted by Gasteiger charge is -2.22. The first-order chi connectivity index (χ1) is 14.5. The summed E-state index contributed by atoms with van der Waals surface area (Å²) < 4.78 is 30.4. The van der Waals surface area contributed by atoms with Gasteiger partial charge in [0.1, 0.15) is 5.75 Å². The van der Waals surface area contributed by atoms with Crippen LogP contribution in [0.4, 0.5) is 5.69 Å². The van der Waals surface area contributed by atoms with Gasteiger partial charge >= 0.3 is 0 Å². The molecule has 0 aliphatic carbocycles. The van der Waals surface area contributed by atoms with Gasteiger partial charge in [0.25, 0.3) is 0 Å². The molecular weight excluding hydrogens is 400 g/mol. The molecular formula is C22H30N4O3S. The third kappa shape index (κ3) is 5.66. The number of nitrogens with one attached hydrogen (secondary N) is 2. The van der Waals surface area contributed by atoms with E-state index in [2.05, 4.69) is 26.6 Å². The van der Waals surface area contributed by atoms with Crippen molar-refractivity contribution in [3.63, 3.8) is 0 Å². The Morgan fingerprint density at radius 1 is 1.17 bits per heavy atom. The average molecular weight is 431 g/mol. The number of benzene rings is 2. The molecule has 1 unspecified atom stereocenters. The highest BCUT2D eigenvalue weighted by molar-refractivity contribution is 7.91. The molecule has 0 saturated carbocycles. The van der Waals surface area contributed by atoms with E-state index in [9.17, 15) is 8.42 Å². The lowest BCUT2D eigenvalue weighted by atomic mass is 10.2. The van der Waals surface area contributed by atoms with E-state index in [1.165, 1.54) is 0 Å². The summed E-state index contributed by atoms with van der Waals surface area (Å²) in [5.41, 5.74) is 1.08. The molecule has 2 aromatic rings. The second-order valence-corrected chi connectivity index (χ2v) is 9.25. The Bertz CT molecular complexity index is 948. The topological polar surface area (TPSA) is 83.0 Å². The number of methoxy groups -OCH3 is 1. The van der Waals surface area contributed by atoms with Crippen molar-refractivity contribution in [1.82, 2.24) is 10.6 Å². The highest BCUT2D eigenvalue weighted by atomic mass is 32.2. The van der Waals surface area contributed by atoms with Gasteiger partial charge in [-0.05, 0) is 37.6 Å². The number of ether oxygens (including phenoxy) is 1. The summed E-state index contributed by atoms with van der Waals surface area (Å²) >= 11 is 0. The zero-order valence-electron chi connectivity index (χ0n) is 17.5. The van der Waals surface area contributed by atoms with Gasteiger partial charge in [-0.15, -0.1) is 0 Å². The molecule has 7 nitrogen and oxygen atoms in total. The van der Waals surface area contributed by atoms with E-state index >= 15 is 0 Å². The predicted octanol–water partition coefficient (Wildman–Crippen LogP) is 2.30. The van der Waals surface area contributed by atoms with Gasteiger partial charge in [-0.25, -0.2) is 8.42 Å². The summed E-state index contributed by atoms with van der Waals surface area (Å²) in [5.74, 6) is 1.49. The van der Waals surface area contributed by atoms with Crippen molar-refractivity contribution >= 4 is 21.5 Å². The van der Waals surface area contributed by atoms with Gasteiger partial charge in [0.2, 0.25) is 0 Å². The molecule has 1 saturated heterocycles. The molecule has 162 valence electrons. The number of hydrogen-bond donors (Lipinski definition) is 2. The zero-order chi connectivity index (χ0) is 21.4. The Labute approximate surface area is 179 Å².